The van der Waals surface area contributed by atoms with Crippen molar-refractivity contribution in [3.05, 3.63) is 47.3 Å². The highest BCUT2D eigenvalue weighted by atomic mass is 28.2. The first-order valence-electron chi connectivity index (χ1n) is 22.0. The molecule has 0 saturated heterocycles. The van der Waals surface area contributed by atoms with Crippen LogP contribution in [0, 0.1) is 35.0 Å². The van der Waals surface area contributed by atoms with Crippen LogP contribution in [0.1, 0.15) is 169 Å². The smallest absolute Gasteiger partial charge is 0.305 e. The normalized spacial score (nSPS) is 17.2. The molecular weight excluding hydrogens is 759 g/mol. The van der Waals surface area contributed by atoms with Gasteiger partial charge in [0.1, 0.15) is 5.78 Å². The lowest BCUT2D eigenvalue weighted by molar-refractivity contribution is -0.146. The van der Waals surface area contributed by atoms with Crippen LogP contribution < -0.4 is 0 Å². The van der Waals surface area contributed by atoms with Crippen molar-refractivity contribution in [2.75, 3.05) is 0 Å². The minimum absolute atomic E-state index is 0.0175. The molecule has 0 unspecified atom stereocenters. The second-order valence-electron chi connectivity index (χ2n) is 20.8. The number of carbonyl (C=O) groups is 2. The number of carbonyl (C=O) groups excluding carboxylic acids is 1. The first-order valence-corrected chi connectivity index (χ1v) is 25.9. The Hall–Kier alpha value is -1.70. The molecule has 1 rings (SSSR count). The van der Waals surface area contributed by atoms with Crippen molar-refractivity contribution in [2.24, 2.45) is 35.0 Å². The molecule has 0 aliphatic carbocycles. The molecule has 0 aliphatic heterocycles. The highest BCUT2D eigenvalue weighted by Crippen LogP contribution is 2.40. The number of ketones is 1. The molecule has 7 nitrogen and oxygen atoms in total. The number of rotatable bonds is 28. The standard InChI is InChI=1S/C47H87NO6Si3/c1-19-38(43(51)44(11,12)40(30-41(49)50)53-56-46(15,16)32(4)5)42(54-57-47(17,18)33(6)7)35(9)24-22-23-34(8)26-27-39(52-55-45(13,14)31(2)3)36(10)29-37-25-20-21-28-48-37/h20-21,25-26,28-29,31-33,35,38-40,42H,19,22-24,27,30,55-57H2,1-18H3,(H,49,50)/b34-26-,36-29+/t35-,38+,39-,40-,42-/m0/s1. The zero-order valence-electron chi connectivity index (χ0n) is 39.9. The summed E-state index contributed by atoms with van der Waals surface area (Å²) in [6, 6.07) is 6.01. The van der Waals surface area contributed by atoms with Crippen molar-refractivity contribution in [1.82, 2.24) is 4.98 Å². The summed E-state index contributed by atoms with van der Waals surface area (Å²) in [5, 5.41) is 10.2. The van der Waals surface area contributed by atoms with Crippen molar-refractivity contribution in [3.8, 4) is 0 Å². The molecular formula is C47H87NO6Si3. The molecule has 1 aromatic heterocycles. The number of nitrogens with zero attached hydrogens (tertiary/aromatic N) is 1. The molecule has 1 N–H and O–H groups in total. The van der Waals surface area contributed by atoms with E-state index in [4.69, 9.17) is 13.3 Å². The zero-order chi connectivity index (χ0) is 43.9. The van der Waals surface area contributed by atoms with Gasteiger partial charge in [-0.15, -0.1) is 0 Å². The Morgan fingerprint density at radius 1 is 0.807 bits per heavy atom. The number of aliphatic carboxylic acids is 1. The van der Waals surface area contributed by atoms with E-state index in [1.54, 1.807) is 0 Å². The SMILES string of the molecule is CC[C@@H](C(=O)C(C)(C)[C@H](CC(=O)O)O[SiH2]C(C)(C)C(C)C)[C@@H](O[SiH2]C(C)(C)C(C)C)[C@@H](C)CCC/C(C)=C\C[C@H](O[SiH2]C(C)(C)C(C)C)/C(C)=C/c1ccccn1. The lowest BCUT2D eigenvalue weighted by atomic mass is 9.71. The van der Waals surface area contributed by atoms with E-state index in [1.165, 1.54) is 11.1 Å². The van der Waals surface area contributed by atoms with Crippen LogP contribution in [0.3, 0.4) is 0 Å². The van der Waals surface area contributed by atoms with Crippen LogP contribution in [0.15, 0.2) is 41.6 Å². The van der Waals surface area contributed by atoms with Crippen LogP contribution in [-0.4, -0.2) is 69.4 Å². The Kier molecular flexibility index (Phi) is 22.4. The predicted molar refractivity (Wildman–Crippen MR) is 251 cm³/mol. The summed E-state index contributed by atoms with van der Waals surface area (Å²) in [6.45, 7) is 39.6. The van der Waals surface area contributed by atoms with Crippen molar-refractivity contribution in [2.45, 2.75) is 197 Å². The molecule has 0 amide bonds. The maximum absolute atomic E-state index is 14.8. The molecule has 0 fully saturated rings. The molecule has 0 radical (unpaired) electrons. The molecule has 328 valence electrons. The largest absolute Gasteiger partial charge is 0.481 e. The fraction of sp³-hybridized carbons (Fsp3) is 0.766. The minimum Gasteiger partial charge on any atom is -0.481 e. The van der Waals surface area contributed by atoms with Crippen LogP contribution in [0.4, 0.5) is 0 Å². The van der Waals surface area contributed by atoms with Gasteiger partial charge in [0.05, 0.1) is 30.4 Å². The quantitative estimate of drug-likeness (QED) is 0.0663. The van der Waals surface area contributed by atoms with Crippen LogP contribution >= 0.6 is 0 Å². The molecule has 0 saturated carbocycles. The third kappa shape index (κ3) is 17.8. The van der Waals surface area contributed by atoms with Crippen LogP contribution in [-0.2, 0) is 22.9 Å². The molecule has 1 heterocycles. The number of hydrogen-bond acceptors (Lipinski definition) is 6. The van der Waals surface area contributed by atoms with Crippen molar-refractivity contribution < 1.29 is 28.0 Å². The first kappa shape index (κ1) is 53.3. The zero-order valence-corrected chi connectivity index (χ0v) is 44.1. The summed E-state index contributed by atoms with van der Waals surface area (Å²) in [7, 11) is -2.95. The van der Waals surface area contributed by atoms with Gasteiger partial charge in [0, 0.05) is 17.5 Å². The third-order valence-corrected chi connectivity index (χ3v) is 20.0. The van der Waals surface area contributed by atoms with Crippen molar-refractivity contribution in [1.29, 1.82) is 0 Å². The molecule has 57 heavy (non-hydrogen) atoms. The van der Waals surface area contributed by atoms with Gasteiger partial charge in [-0.25, -0.2) is 0 Å². The van der Waals surface area contributed by atoms with E-state index >= 15 is 0 Å². The van der Waals surface area contributed by atoms with E-state index in [9.17, 15) is 14.7 Å². The lowest BCUT2D eigenvalue weighted by Crippen LogP contribution is -2.49. The van der Waals surface area contributed by atoms with Crippen LogP contribution in [0.5, 0.6) is 0 Å². The van der Waals surface area contributed by atoms with Gasteiger partial charge in [-0.2, -0.15) is 0 Å². The molecule has 0 bridgehead atoms. The Balaban J connectivity index is 3.31. The van der Waals surface area contributed by atoms with Gasteiger partial charge in [0.25, 0.3) is 0 Å². The van der Waals surface area contributed by atoms with Gasteiger partial charge in [0.2, 0.25) is 0 Å². The Labute approximate surface area is 357 Å². The van der Waals surface area contributed by atoms with Gasteiger partial charge < -0.3 is 18.4 Å². The number of pyridine rings is 1. The Morgan fingerprint density at radius 3 is 1.81 bits per heavy atom. The average Bonchev–Trinajstić information content (AvgIpc) is 3.11. The summed E-state index contributed by atoms with van der Waals surface area (Å²) >= 11 is 0. The number of carboxylic acid groups (broad SMARTS) is 1. The van der Waals surface area contributed by atoms with Gasteiger partial charge in [-0.3, -0.25) is 14.6 Å². The fourth-order valence-corrected chi connectivity index (χ4v) is 10.8. The molecule has 1 aromatic rings. The number of hydrogen-bond donors (Lipinski definition) is 1. The maximum Gasteiger partial charge on any atom is 0.305 e. The summed E-state index contributed by atoms with van der Waals surface area (Å²) in [5.41, 5.74) is 2.54. The molecule has 0 spiro atoms. The summed E-state index contributed by atoms with van der Waals surface area (Å²) in [6.07, 6.45) is 9.67. The Bertz CT molecular complexity index is 1420. The van der Waals surface area contributed by atoms with E-state index in [2.05, 4.69) is 128 Å². The predicted octanol–water partition coefficient (Wildman–Crippen LogP) is 10.7. The highest BCUT2D eigenvalue weighted by Gasteiger charge is 2.46. The van der Waals surface area contributed by atoms with Gasteiger partial charge >= 0.3 is 5.97 Å². The number of carboxylic acids is 1. The molecule has 0 aliphatic rings. The van der Waals surface area contributed by atoms with E-state index < -0.39 is 46.8 Å². The summed E-state index contributed by atoms with van der Waals surface area (Å²) < 4.78 is 20.3. The number of allylic oxidation sites excluding steroid dienone is 1. The average molecular weight is 846 g/mol. The number of aromatic nitrogens is 1. The molecule has 5 atom stereocenters. The molecule has 0 aromatic carbocycles. The lowest BCUT2D eigenvalue weighted by Gasteiger charge is -2.41. The highest BCUT2D eigenvalue weighted by molar-refractivity contribution is 6.33. The van der Waals surface area contributed by atoms with Crippen molar-refractivity contribution in [3.63, 3.8) is 0 Å². The minimum atomic E-state index is -1.13. The van der Waals surface area contributed by atoms with Crippen LogP contribution in [0.25, 0.3) is 6.08 Å². The van der Waals surface area contributed by atoms with E-state index in [0.717, 1.165) is 31.4 Å². The second kappa shape index (κ2) is 23.9. The fourth-order valence-electron chi connectivity index (χ4n) is 6.45. The van der Waals surface area contributed by atoms with E-state index in [-0.39, 0.29) is 51.4 Å². The van der Waals surface area contributed by atoms with Gasteiger partial charge in [-0.1, -0.05) is 128 Å². The maximum atomic E-state index is 14.8. The molecule has 10 heteroatoms. The summed E-state index contributed by atoms with van der Waals surface area (Å²) in [5.74, 6) is 0.397. The topological polar surface area (TPSA) is 95.0 Å². The van der Waals surface area contributed by atoms with Gasteiger partial charge in [0.15, 0.2) is 29.3 Å². The van der Waals surface area contributed by atoms with E-state index in [1.807, 2.05) is 38.2 Å². The Morgan fingerprint density at radius 2 is 1.33 bits per heavy atom. The van der Waals surface area contributed by atoms with Crippen LogP contribution in [0.2, 0.25) is 15.1 Å². The van der Waals surface area contributed by atoms with E-state index in [0.29, 0.717) is 24.2 Å². The summed E-state index contributed by atoms with van der Waals surface area (Å²) in [4.78, 5) is 31.5. The first-order chi connectivity index (χ1) is 26.2. The van der Waals surface area contributed by atoms with Gasteiger partial charge in [-0.05, 0) is 109 Å². The second-order valence-corrected chi connectivity index (χ2v) is 28.1. The third-order valence-electron chi connectivity index (χ3n) is 13.7. The number of Topliss-reactive ketones (excluding diaryl/α,β-unsaturated/α-hetero) is 1. The monoisotopic (exact) mass is 846 g/mol. The van der Waals surface area contributed by atoms with Crippen molar-refractivity contribution >= 4 is 47.1 Å².